The van der Waals surface area contributed by atoms with Crippen LogP contribution in [-0.4, -0.2) is 45.7 Å². The molecule has 0 bridgehead atoms. The van der Waals surface area contributed by atoms with Crippen molar-refractivity contribution in [2.24, 2.45) is 0 Å². The molecule has 1 atom stereocenters. The molecule has 3 rings (SSSR count). The molecule has 0 heterocycles. The fourth-order valence-electron chi connectivity index (χ4n) is 3.76. The number of ether oxygens (including phenoxy) is 2. The normalized spacial score (nSPS) is 12.6. The summed E-state index contributed by atoms with van der Waals surface area (Å²) >= 11 is 0. The van der Waals surface area contributed by atoms with Gasteiger partial charge in [-0.2, -0.15) is 0 Å². The number of hydrogen-bond donors (Lipinski definition) is 4. The Balaban J connectivity index is 1.82. The highest BCUT2D eigenvalue weighted by molar-refractivity contribution is 7.92. The van der Waals surface area contributed by atoms with Crippen LogP contribution in [0.25, 0.3) is 0 Å². The van der Waals surface area contributed by atoms with E-state index >= 15 is 0 Å². The average Bonchev–Trinajstić information content (AvgIpc) is 2.82. The second-order valence-corrected chi connectivity index (χ2v) is 10.1. The minimum atomic E-state index is -3.58. The summed E-state index contributed by atoms with van der Waals surface area (Å²) in [5.74, 6) is -0.218. The van der Waals surface area contributed by atoms with E-state index < -0.39 is 16.1 Å². The molecule has 8 nitrogen and oxygen atoms in total. The molecular weight excluding hydrogens is 468 g/mol. The third kappa shape index (κ3) is 7.78. The van der Waals surface area contributed by atoms with Gasteiger partial charge in [0.15, 0.2) is 0 Å². The van der Waals surface area contributed by atoms with Crippen molar-refractivity contribution in [2.45, 2.75) is 25.4 Å². The number of phenolic OH excluding ortho intramolecular Hbond substituents is 1. The Hall–Kier alpha value is -2.95. The summed E-state index contributed by atoms with van der Waals surface area (Å²) in [6.07, 6.45) is 0.0519. The lowest BCUT2D eigenvalue weighted by atomic mass is 9.96. The van der Waals surface area contributed by atoms with Crippen molar-refractivity contribution in [1.82, 2.24) is 5.32 Å². The smallest absolute Gasteiger partial charge is 0.229 e. The van der Waals surface area contributed by atoms with Crippen LogP contribution in [0.2, 0.25) is 0 Å². The third-order valence-corrected chi connectivity index (χ3v) is 6.05. The van der Waals surface area contributed by atoms with Crippen molar-refractivity contribution < 1.29 is 28.1 Å². The largest absolute Gasteiger partial charge is 0.506 e. The quantitative estimate of drug-likeness (QED) is 0.281. The Morgan fingerprint density at radius 1 is 0.829 bits per heavy atom. The maximum Gasteiger partial charge on any atom is 0.229 e. The van der Waals surface area contributed by atoms with Crippen molar-refractivity contribution in [3.05, 3.63) is 94.5 Å². The summed E-state index contributed by atoms with van der Waals surface area (Å²) < 4.78 is 35.8. The highest BCUT2D eigenvalue weighted by atomic mass is 32.2. The van der Waals surface area contributed by atoms with Gasteiger partial charge in [0.1, 0.15) is 5.75 Å². The van der Waals surface area contributed by atoms with Crippen LogP contribution >= 0.6 is 0 Å². The number of methoxy groups -OCH3 is 2. The van der Waals surface area contributed by atoms with Crippen molar-refractivity contribution >= 4 is 15.7 Å². The zero-order valence-electron chi connectivity index (χ0n) is 20.1. The van der Waals surface area contributed by atoms with Gasteiger partial charge < -0.3 is 25.0 Å². The summed E-state index contributed by atoms with van der Waals surface area (Å²) in [4.78, 5) is 0. The molecule has 188 valence electrons. The van der Waals surface area contributed by atoms with E-state index in [9.17, 15) is 18.6 Å². The van der Waals surface area contributed by atoms with E-state index in [1.54, 1.807) is 20.3 Å². The van der Waals surface area contributed by atoms with Crippen LogP contribution in [0.5, 0.6) is 5.75 Å². The third-order valence-electron chi connectivity index (χ3n) is 5.46. The van der Waals surface area contributed by atoms with Gasteiger partial charge in [-0.15, -0.1) is 0 Å². The van der Waals surface area contributed by atoms with Crippen molar-refractivity contribution in [2.75, 3.05) is 31.7 Å². The lowest BCUT2D eigenvalue weighted by Gasteiger charge is -2.23. The highest BCUT2D eigenvalue weighted by Crippen LogP contribution is 2.29. The van der Waals surface area contributed by atoms with Crippen LogP contribution in [0.15, 0.2) is 66.7 Å². The molecule has 0 fully saturated rings. The van der Waals surface area contributed by atoms with E-state index in [2.05, 4.69) is 10.0 Å². The number of rotatable bonds is 12. The van der Waals surface area contributed by atoms with Gasteiger partial charge in [0.25, 0.3) is 0 Å². The number of hydrogen-bond acceptors (Lipinski definition) is 7. The van der Waals surface area contributed by atoms with E-state index in [1.807, 2.05) is 48.5 Å². The Morgan fingerprint density at radius 2 is 1.31 bits per heavy atom. The Labute approximate surface area is 206 Å². The summed E-state index contributed by atoms with van der Waals surface area (Å²) in [5.41, 5.74) is 4.62. The van der Waals surface area contributed by atoms with Crippen molar-refractivity contribution in [1.29, 1.82) is 0 Å². The van der Waals surface area contributed by atoms with Crippen LogP contribution in [0.3, 0.4) is 0 Å². The molecule has 0 aliphatic heterocycles. The SMILES string of the molecule is COCc1ccc(C(NC[C@H](O)c2ccc(O)c(NS(C)(=O)=O)c2)c2ccc(COC)cc2)cc1. The number of sulfonamides is 1. The number of anilines is 1. The van der Waals surface area contributed by atoms with Crippen LogP contribution in [-0.2, 0) is 32.7 Å². The van der Waals surface area contributed by atoms with E-state index in [0.717, 1.165) is 28.5 Å². The fraction of sp³-hybridized carbons (Fsp3) is 0.308. The minimum absolute atomic E-state index is 0.0167. The second kappa shape index (κ2) is 12.1. The Kier molecular flexibility index (Phi) is 9.25. The van der Waals surface area contributed by atoms with E-state index in [-0.39, 0.29) is 24.0 Å². The summed E-state index contributed by atoms with van der Waals surface area (Å²) in [6, 6.07) is 20.3. The first kappa shape index (κ1) is 26.7. The highest BCUT2D eigenvalue weighted by Gasteiger charge is 2.18. The molecule has 0 aromatic heterocycles. The molecule has 9 heteroatoms. The van der Waals surface area contributed by atoms with Crippen LogP contribution in [0, 0.1) is 0 Å². The topological polar surface area (TPSA) is 117 Å². The van der Waals surface area contributed by atoms with Gasteiger partial charge in [-0.25, -0.2) is 8.42 Å². The summed E-state index contributed by atoms with van der Waals surface area (Å²) in [7, 11) is -0.272. The Morgan fingerprint density at radius 3 is 1.77 bits per heavy atom. The number of nitrogens with one attached hydrogen (secondary N) is 2. The maximum absolute atomic E-state index is 11.6. The molecule has 3 aromatic rings. The minimum Gasteiger partial charge on any atom is -0.506 e. The molecule has 0 radical (unpaired) electrons. The second-order valence-electron chi connectivity index (χ2n) is 8.36. The number of benzene rings is 3. The molecule has 0 amide bonds. The first-order chi connectivity index (χ1) is 16.7. The van der Waals surface area contributed by atoms with Gasteiger partial charge in [0.05, 0.1) is 37.3 Å². The lowest BCUT2D eigenvalue weighted by Crippen LogP contribution is -2.27. The van der Waals surface area contributed by atoms with E-state index in [4.69, 9.17) is 9.47 Å². The number of aliphatic hydroxyl groups is 1. The number of phenols is 1. The van der Waals surface area contributed by atoms with Crippen LogP contribution in [0.1, 0.15) is 40.0 Å². The first-order valence-electron chi connectivity index (χ1n) is 11.1. The molecular formula is C26H32N2O6S. The van der Waals surface area contributed by atoms with Gasteiger partial charge in [-0.3, -0.25) is 4.72 Å². The zero-order valence-corrected chi connectivity index (χ0v) is 20.9. The molecule has 0 saturated heterocycles. The number of aromatic hydroxyl groups is 1. The lowest BCUT2D eigenvalue weighted by molar-refractivity contribution is 0.172. The molecule has 0 saturated carbocycles. The average molecular weight is 501 g/mol. The van der Waals surface area contributed by atoms with Gasteiger partial charge in [0, 0.05) is 20.8 Å². The van der Waals surface area contributed by atoms with Gasteiger partial charge in [0.2, 0.25) is 10.0 Å². The monoisotopic (exact) mass is 500 g/mol. The molecule has 0 spiro atoms. The molecule has 0 unspecified atom stereocenters. The van der Waals surface area contributed by atoms with Crippen molar-refractivity contribution in [3.8, 4) is 5.75 Å². The van der Waals surface area contributed by atoms with Gasteiger partial charge in [-0.1, -0.05) is 54.6 Å². The Bertz CT molecular complexity index is 1150. The first-order valence-corrected chi connectivity index (χ1v) is 13.0. The predicted octanol–water partition coefficient (Wildman–Crippen LogP) is 3.47. The summed E-state index contributed by atoms with van der Waals surface area (Å²) in [5, 5.41) is 24.2. The summed E-state index contributed by atoms with van der Waals surface area (Å²) in [6.45, 7) is 1.23. The fourth-order valence-corrected chi connectivity index (χ4v) is 4.33. The van der Waals surface area contributed by atoms with E-state index in [0.29, 0.717) is 18.8 Å². The van der Waals surface area contributed by atoms with Gasteiger partial charge in [-0.05, 0) is 39.9 Å². The molecule has 3 aromatic carbocycles. The van der Waals surface area contributed by atoms with Crippen LogP contribution < -0.4 is 10.0 Å². The molecule has 4 N–H and O–H groups in total. The molecule has 0 aliphatic rings. The van der Waals surface area contributed by atoms with E-state index in [1.165, 1.54) is 12.1 Å². The molecule has 35 heavy (non-hydrogen) atoms. The van der Waals surface area contributed by atoms with Crippen LogP contribution in [0.4, 0.5) is 5.69 Å². The molecule has 0 aliphatic carbocycles. The van der Waals surface area contributed by atoms with Gasteiger partial charge >= 0.3 is 0 Å². The zero-order chi connectivity index (χ0) is 25.4. The predicted molar refractivity (Wildman–Crippen MR) is 136 cm³/mol. The van der Waals surface area contributed by atoms with Crippen molar-refractivity contribution in [3.63, 3.8) is 0 Å². The maximum atomic E-state index is 11.6. The number of aliphatic hydroxyl groups excluding tert-OH is 1. The standard InChI is InChI=1S/C26H32N2O6S/c1-33-16-18-4-8-20(9-5-18)26(21-10-6-19(7-11-21)17-34-2)27-15-25(30)22-12-13-24(29)23(14-22)28-35(3,31)32/h4-14,25-30H,15-17H2,1-3H3/t25-/m0/s1.